The van der Waals surface area contributed by atoms with Gasteiger partial charge in [-0.3, -0.25) is 5.43 Å². The van der Waals surface area contributed by atoms with E-state index in [9.17, 15) is 0 Å². The lowest BCUT2D eigenvalue weighted by Crippen LogP contribution is -2.21. The minimum absolute atomic E-state index is 0.815. The van der Waals surface area contributed by atoms with Crippen molar-refractivity contribution >= 4 is 39.3 Å². The molecule has 0 amide bonds. The Morgan fingerprint density at radius 2 is 1.89 bits per heavy atom. The molecule has 2 heterocycles. The topological polar surface area (TPSA) is 53.4 Å². The molecular weight excluding hydrogens is 354 g/mol. The van der Waals surface area contributed by atoms with Gasteiger partial charge in [0.2, 0.25) is 0 Å². The van der Waals surface area contributed by atoms with E-state index in [0.717, 1.165) is 47.5 Å². The number of anilines is 2. The highest BCUT2D eigenvalue weighted by Gasteiger charge is 2.19. The number of rotatable bonds is 6. The molecule has 0 unspecified atom stereocenters. The number of aromatic nitrogens is 2. The fourth-order valence-corrected chi connectivity index (χ4v) is 4.93. The molecule has 0 saturated heterocycles. The van der Waals surface area contributed by atoms with Crippen molar-refractivity contribution in [1.29, 1.82) is 0 Å². The Morgan fingerprint density at radius 3 is 2.67 bits per heavy atom. The molecule has 0 radical (unpaired) electrons. The number of hydrogen-bond donors (Lipinski definition) is 1. The van der Waals surface area contributed by atoms with Gasteiger partial charge in [-0.15, -0.1) is 11.3 Å². The Bertz CT molecular complexity index is 941. The monoisotopic (exact) mass is 379 g/mol. The molecular formula is C21H25N5S. The van der Waals surface area contributed by atoms with Crippen molar-refractivity contribution in [2.75, 3.05) is 23.4 Å². The first-order valence-corrected chi connectivity index (χ1v) is 10.5. The van der Waals surface area contributed by atoms with E-state index >= 15 is 0 Å². The van der Waals surface area contributed by atoms with Crippen LogP contribution in [0.5, 0.6) is 0 Å². The van der Waals surface area contributed by atoms with E-state index in [1.54, 1.807) is 17.7 Å². The summed E-state index contributed by atoms with van der Waals surface area (Å²) in [6, 6.07) is 8.49. The number of nitrogens with one attached hydrogen (secondary N) is 1. The number of fused-ring (bicyclic) bond motifs is 3. The lowest BCUT2D eigenvalue weighted by molar-refractivity contribution is 0.700. The van der Waals surface area contributed by atoms with Crippen LogP contribution in [0, 0.1) is 0 Å². The van der Waals surface area contributed by atoms with Crippen LogP contribution in [0.4, 0.5) is 11.5 Å². The number of hydrazone groups is 1. The van der Waals surface area contributed by atoms with Crippen LogP contribution in [0.1, 0.15) is 42.7 Å². The van der Waals surface area contributed by atoms with Crippen LogP contribution >= 0.6 is 11.3 Å². The molecule has 1 aliphatic rings. The number of benzene rings is 1. The summed E-state index contributed by atoms with van der Waals surface area (Å²) in [5, 5.41) is 5.59. The van der Waals surface area contributed by atoms with Gasteiger partial charge in [0.1, 0.15) is 11.2 Å². The lowest BCUT2D eigenvalue weighted by Gasteiger charge is -2.20. The van der Waals surface area contributed by atoms with Gasteiger partial charge in [-0.2, -0.15) is 5.10 Å². The molecule has 1 aliphatic carbocycles. The molecule has 2 aromatic heterocycles. The molecule has 0 spiro atoms. The third-order valence-electron chi connectivity index (χ3n) is 5.16. The quantitative estimate of drug-likeness (QED) is 0.491. The highest BCUT2D eigenvalue weighted by Crippen LogP contribution is 2.38. The maximum Gasteiger partial charge on any atom is 0.158 e. The summed E-state index contributed by atoms with van der Waals surface area (Å²) in [6.45, 7) is 6.38. The van der Waals surface area contributed by atoms with Gasteiger partial charge in [0, 0.05) is 23.7 Å². The van der Waals surface area contributed by atoms with Crippen molar-refractivity contribution < 1.29 is 0 Å². The fraction of sp³-hybridized carbons (Fsp3) is 0.381. The predicted molar refractivity (Wildman–Crippen MR) is 115 cm³/mol. The summed E-state index contributed by atoms with van der Waals surface area (Å²) >= 11 is 1.80. The van der Waals surface area contributed by atoms with Crippen LogP contribution in [0.3, 0.4) is 0 Å². The summed E-state index contributed by atoms with van der Waals surface area (Å²) in [5.41, 5.74) is 6.88. The fourth-order valence-electron chi connectivity index (χ4n) is 3.70. The normalized spacial score (nSPS) is 13.9. The molecule has 3 aromatic rings. The highest BCUT2D eigenvalue weighted by molar-refractivity contribution is 7.19. The smallest absolute Gasteiger partial charge is 0.158 e. The van der Waals surface area contributed by atoms with E-state index in [1.807, 2.05) is 6.21 Å². The summed E-state index contributed by atoms with van der Waals surface area (Å²) in [7, 11) is 0. The Labute approximate surface area is 164 Å². The van der Waals surface area contributed by atoms with Crippen molar-refractivity contribution in [2.45, 2.75) is 39.5 Å². The Balaban J connectivity index is 1.52. The van der Waals surface area contributed by atoms with Crippen molar-refractivity contribution in [2.24, 2.45) is 5.10 Å². The van der Waals surface area contributed by atoms with E-state index in [2.05, 4.69) is 63.5 Å². The van der Waals surface area contributed by atoms with Crippen LogP contribution in [0.25, 0.3) is 10.2 Å². The summed E-state index contributed by atoms with van der Waals surface area (Å²) in [6.07, 6.45) is 8.28. The summed E-state index contributed by atoms with van der Waals surface area (Å²) in [4.78, 5) is 13.8. The molecule has 5 nitrogen and oxygen atoms in total. The summed E-state index contributed by atoms with van der Waals surface area (Å²) < 4.78 is 0. The molecule has 0 saturated carbocycles. The molecule has 0 aliphatic heterocycles. The minimum Gasteiger partial charge on any atom is -0.372 e. The zero-order valence-corrected chi connectivity index (χ0v) is 16.7. The SMILES string of the molecule is CCN(CC)c1ccc(/C=N\Nc2ncnc3sc4c(c23)CCCC4)cc1. The van der Waals surface area contributed by atoms with Gasteiger partial charge in [-0.1, -0.05) is 12.1 Å². The lowest BCUT2D eigenvalue weighted by atomic mass is 9.97. The second-order valence-electron chi connectivity index (χ2n) is 6.75. The van der Waals surface area contributed by atoms with Gasteiger partial charge in [0.05, 0.1) is 11.6 Å². The standard InChI is InChI=1S/C21H25N5S/c1-3-26(4-2)16-11-9-15(10-12-16)13-24-25-20-19-17-7-5-6-8-18(17)27-21(19)23-14-22-20/h9-14H,3-8H2,1-2H3,(H,22,23,25)/b24-13-. The molecule has 0 bridgehead atoms. The van der Waals surface area contributed by atoms with E-state index in [0.29, 0.717) is 0 Å². The largest absolute Gasteiger partial charge is 0.372 e. The Hall–Kier alpha value is -2.47. The van der Waals surface area contributed by atoms with Crippen LogP contribution < -0.4 is 10.3 Å². The number of aryl methyl sites for hydroxylation is 2. The first-order valence-electron chi connectivity index (χ1n) is 9.69. The van der Waals surface area contributed by atoms with Crippen molar-refractivity contribution in [3.63, 3.8) is 0 Å². The van der Waals surface area contributed by atoms with Gasteiger partial charge in [-0.25, -0.2) is 9.97 Å². The maximum absolute atomic E-state index is 4.47. The molecule has 140 valence electrons. The van der Waals surface area contributed by atoms with Crippen LogP contribution in [-0.4, -0.2) is 29.3 Å². The van der Waals surface area contributed by atoms with E-state index < -0.39 is 0 Å². The van der Waals surface area contributed by atoms with Crippen LogP contribution in [-0.2, 0) is 12.8 Å². The number of hydrogen-bond acceptors (Lipinski definition) is 6. The molecule has 1 N–H and O–H groups in total. The van der Waals surface area contributed by atoms with E-state index in [-0.39, 0.29) is 0 Å². The third-order valence-corrected chi connectivity index (χ3v) is 6.36. The van der Waals surface area contributed by atoms with Crippen molar-refractivity contribution in [1.82, 2.24) is 9.97 Å². The number of thiophene rings is 1. The molecule has 4 rings (SSSR count). The van der Waals surface area contributed by atoms with Gasteiger partial charge in [-0.05, 0) is 62.8 Å². The molecule has 27 heavy (non-hydrogen) atoms. The van der Waals surface area contributed by atoms with Crippen molar-refractivity contribution in [3.05, 3.63) is 46.6 Å². The van der Waals surface area contributed by atoms with Gasteiger partial charge in [0.25, 0.3) is 0 Å². The first-order chi connectivity index (χ1) is 13.3. The van der Waals surface area contributed by atoms with E-state index in [4.69, 9.17) is 0 Å². The molecule has 6 heteroatoms. The van der Waals surface area contributed by atoms with E-state index in [1.165, 1.54) is 29.0 Å². The van der Waals surface area contributed by atoms with Gasteiger partial charge >= 0.3 is 0 Å². The van der Waals surface area contributed by atoms with Gasteiger partial charge < -0.3 is 4.90 Å². The minimum atomic E-state index is 0.815. The van der Waals surface area contributed by atoms with Crippen LogP contribution in [0.15, 0.2) is 35.7 Å². The second-order valence-corrected chi connectivity index (χ2v) is 7.83. The van der Waals surface area contributed by atoms with Gasteiger partial charge in [0.15, 0.2) is 5.82 Å². The predicted octanol–water partition coefficient (Wildman–Crippen LogP) is 4.86. The molecule has 0 fully saturated rings. The Morgan fingerprint density at radius 1 is 1.11 bits per heavy atom. The highest BCUT2D eigenvalue weighted by atomic mass is 32.1. The third kappa shape index (κ3) is 3.67. The van der Waals surface area contributed by atoms with Crippen LogP contribution in [0.2, 0.25) is 0 Å². The average Bonchev–Trinajstić information content (AvgIpc) is 3.09. The Kier molecular flexibility index (Phi) is 5.34. The van der Waals surface area contributed by atoms with Crippen molar-refractivity contribution in [3.8, 4) is 0 Å². The number of nitrogens with zero attached hydrogens (tertiary/aromatic N) is 4. The zero-order valence-electron chi connectivity index (χ0n) is 15.9. The summed E-state index contributed by atoms with van der Waals surface area (Å²) in [5.74, 6) is 0.815. The first kappa shape index (κ1) is 17.9. The molecule has 1 aromatic carbocycles. The second kappa shape index (κ2) is 8.05. The zero-order chi connectivity index (χ0) is 18.6. The molecule has 0 atom stereocenters. The average molecular weight is 380 g/mol. The maximum atomic E-state index is 4.47.